The van der Waals surface area contributed by atoms with Gasteiger partial charge in [0.15, 0.2) is 11.6 Å². The van der Waals surface area contributed by atoms with Crippen molar-refractivity contribution in [2.24, 2.45) is 0 Å². The van der Waals surface area contributed by atoms with Gasteiger partial charge in [-0.1, -0.05) is 18.2 Å². The van der Waals surface area contributed by atoms with Crippen LogP contribution in [0, 0.1) is 11.6 Å². The van der Waals surface area contributed by atoms with Crippen molar-refractivity contribution < 1.29 is 8.78 Å². The maximum atomic E-state index is 13.1. The molecule has 4 heteroatoms. The maximum absolute atomic E-state index is 13.1. The molecule has 1 unspecified atom stereocenters. The minimum absolute atomic E-state index is 0.219. The first-order valence-corrected chi connectivity index (χ1v) is 7.56. The summed E-state index contributed by atoms with van der Waals surface area (Å²) < 4.78 is 26.0. The minimum atomic E-state index is -0.798. The molecule has 0 fully saturated rings. The summed E-state index contributed by atoms with van der Waals surface area (Å²) in [5.74, 6) is -1.58. The quantitative estimate of drug-likeness (QED) is 0.604. The van der Waals surface area contributed by atoms with Gasteiger partial charge < -0.3 is 11.1 Å². The van der Waals surface area contributed by atoms with Gasteiger partial charge in [0.05, 0.1) is 0 Å². The Morgan fingerprint density at radius 1 is 1.00 bits per heavy atom. The van der Waals surface area contributed by atoms with Crippen molar-refractivity contribution in [1.29, 1.82) is 0 Å². The average molecular weight is 304 g/mol. The monoisotopic (exact) mass is 304 g/mol. The summed E-state index contributed by atoms with van der Waals surface area (Å²) in [5.41, 5.74) is 8.50. The van der Waals surface area contributed by atoms with Gasteiger partial charge >= 0.3 is 0 Å². The van der Waals surface area contributed by atoms with Crippen LogP contribution in [0.2, 0.25) is 0 Å². The van der Waals surface area contributed by atoms with Crippen LogP contribution in [0.15, 0.2) is 42.5 Å². The first-order chi connectivity index (χ1) is 10.5. The molecule has 2 nitrogen and oxygen atoms in total. The van der Waals surface area contributed by atoms with E-state index in [9.17, 15) is 8.78 Å². The molecule has 0 saturated heterocycles. The molecule has 0 aliphatic heterocycles. The van der Waals surface area contributed by atoms with Gasteiger partial charge in [-0.05, 0) is 68.1 Å². The van der Waals surface area contributed by atoms with Gasteiger partial charge in [-0.15, -0.1) is 0 Å². The van der Waals surface area contributed by atoms with Gasteiger partial charge in [-0.3, -0.25) is 0 Å². The van der Waals surface area contributed by atoms with Crippen molar-refractivity contribution in [3.8, 4) is 0 Å². The Morgan fingerprint density at radius 2 is 1.68 bits per heavy atom. The van der Waals surface area contributed by atoms with E-state index < -0.39 is 11.6 Å². The molecule has 0 radical (unpaired) electrons. The third-order valence-electron chi connectivity index (χ3n) is 3.64. The zero-order valence-electron chi connectivity index (χ0n) is 12.8. The lowest BCUT2D eigenvalue weighted by molar-refractivity contribution is 0.501. The molecule has 0 spiro atoms. The fourth-order valence-electron chi connectivity index (χ4n) is 2.42. The highest BCUT2D eigenvalue weighted by Gasteiger charge is 2.06. The second kappa shape index (κ2) is 7.90. The summed E-state index contributed by atoms with van der Waals surface area (Å²) in [7, 11) is 0. The predicted octanol–water partition coefficient (Wildman–Crippen LogP) is 3.70. The van der Waals surface area contributed by atoms with Crippen LogP contribution < -0.4 is 11.1 Å². The van der Waals surface area contributed by atoms with Crippen LogP contribution in [-0.2, 0) is 12.8 Å². The van der Waals surface area contributed by atoms with Crippen molar-refractivity contribution in [1.82, 2.24) is 5.32 Å². The van der Waals surface area contributed by atoms with E-state index in [0.717, 1.165) is 30.6 Å². The highest BCUT2D eigenvalue weighted by molar-refractivity contribution is 5.39. The van der Waals surface area contributed by atoms with Crippen LogP contribution in [0.3, 0.4) is 0 Å². The Balaban J connectivity index is 1.70. The summed E-state index contributed by atoms with van der Waals surface area (Å²) in [6, 6.07) is 12.2. The number of benzene rings is 2. The van der Waals surface area contributed by atoms with Crippen LogP contribution in [-0.4, -0.2) is 12.6 Å². The van der Waals surface area contributed by atoms with Crippen LogP contribution in [0.5, 0.6) is 0 Å². The summed E-state index contributed by atoms with van der Waals surface area (Å²) in [6.45, 7) is 2.93. The molecule has 1 atom stereocenters. The number of rotatable bonds is 7. The Hall–Kier alpha value is -1.94. The second-order valence-electron chi connectivity index (χ2n) is 5.65. The lowest BCUT2D eigenvalue weighted by atomic mass is 10.1. The third kappa shape index (κ3) is 5.11. The molecule has 0 heterocycles. The molecular weight excluding hydrogens is 282 g/mol. The van der Waals surface area contributed by atoms with Gasteiger partial charge in [0.25, 0.3) is 0 Å². The smallest absolute Gasteiger partial charge is 0.159 e. The van der Waals surface area contributed by atoms with Crippen molar-refractivity contribution in [2.45, 2.75) is 32.2 Å². The number of nitrogens with two attached hydrogens (primary N) is 1. The molecule has 2 rings (SSSR count). The normalized spacial score (nSPS) is 12.3. The zero-order valence-corrected chi connectivity index (χ0v) is 12.8. The number of hydrogen-bond acceptors (Lipinski definition) is 2. The van der Waals surface area contributed by atoms with Crippen molar-refractivity contribution >= 4 is 5.69 Å². The van der Waals surface area contributed by atoms with E-state index >= 15 is 0 Å². The summed E-state index contributed by atoms with van der Waals surface area (Å²) in [6.07, 6.45) is 2.69. The van der Waals surface area contributed by atoms with Crippen LogP contribution in [0.1, 0.15) is 24.5 Å². The zero-order chi connectivity index (χ0) is 15.9. The maximum Gasteiger partial charge on any atom is 0.159 e. The largest absolute Gasteiger partial charge is 0.399 e. The van der Waals surface area contributed by atoms with Crippen LogP contribution >= 0.6 is 0 Å². The van der Waals surface area contributed by atoms with Crippen LogP contribution in [0.25, 0.3) is 0 Å². The van der Waals surface area contributed by atoms with Gasteiger partial charge in [0.2, 0.25) is 0 Å². The molecule has 0 saturated carbocycles. The standard InChI is InChI=1S/C18H22F2N2/c1-13(11-15-6-9-17(19)18(20)12-15)22-10-2-3-14-4-7-16(21)8-5-14/h4-9,12-13,22H,2-3,10-11,21H2,1H3. The molecular formula is C18H22F2N2. The molecule has 0 bridgehead atoms. The van der Waals surface area contributed by atoms with E-state index in [-0.39, 0.29) is 6.04 Å². The third-order valence-corrected chi connectivity index (χ3v) is 3.64. The number of nitrogens with one attached hydrogen (secondary N) is 1. The molecule has 0 aliphatic rings. The average Bonchev–Trinajstić information content (AvgIpc) is 2.49. The molecule has 0 aliphatic carbocycles. The highest BCUT2D eigenvalue weighted by atomic mass is 19.2. The van der Waals surface area contributed by atoms with Gasteiger partial charge in [-0.2, -0.15) is 0 Å². The van der Waals surface area contributed by atoms with E-state index in [0.29, 0.717) is 6.42 Å². The van der Waals surface area contributed by atoms with Gasteiger partial charge in [0.1, 0.15) is 0 Å². The Morgan fingerprint density at radius 3 is 2.36 bits per heavy atom. The fraction of sp³-hybridized carbons (Fsp3) is 0.333. The van der Waals surface area contributed by atoms with E-state index in [1.165, 1.54) is 17.7 Å². The molecule has 3 N–H and O–H groups in total. The second-order valence-corrected chi connectivity index (χ2v) is 5.65. The van der Waals surface area contributed by atoms with Gasteiger partial charge in [-0.25, -0.2) is 8.78 Å². The SMILES string of the molecule is CC(Cc1ccc(F)c(F)c1)NCCCc1ccc(N)cc1. The summed E-state index contributed by atoms with van der Waals surface area (Å²) >= 11 is 0. The number of aryl methyl sites for hydroxylation is 1. The Bertz CT molecular complexity index is 597. The molecule has 22 heavy (non-hydrogen) atoms. The van der Waals surface area contributed by atoms with Crippen LogP contribution in [0.4, 0.5) is 14.5 Å². The molecule has 2 aromatic carbocycles. The minimum Gasteiger partial charge on any atom is -0.399 e. The molecule has 0 aromatic heterocycles. The first kappa shape index (κ1) is 16.4. The predicted molar refractivity (Wildman–Crippen MR) is 86.7 cm³/mol. The summed E-state index contributed by atoms with van der Waals surface area (Å²) in [4.78, 5) is 0. The van der Waals surface area contributed by atoms with Crippen molar-refractivity contribution in [3.63, 3.8) is 0 Å². The van der Waals surface area contributed by atoms with Crippen molar-refractivity contribution in [3.05, 3.63) is 65.2 Å². The number of anilines is 1. The molecule has 0 amide bonds. The lowest BCUT2D eigenvalue weighted by Gasteiger charge is -2.14. The fourth-order valence-corrected chi connectivity index (χ4v) is 2.42. The Labute approximate surface area is 130 Å². The van der Waals surface area contributed by atoms with E-state index in [4.69, 9.17) is 5.73 Å². The number of nitrogen functional groups attached to an aromatic ring is 1. The van der Waals surface area contributed by atoms with E-state index in [1.54, 1.807) is 6.07 Å². The first-order valence-electron chi connectivity index (χ1n) is 7.56. The molecule has 2 aromatic rings. The van der Waals surface area contributed by atoms with E-state index in [2.05, 4.69) is 5.32 Å². The number of halogens is 2. The lowest BCUT2D eigenvalue weighted by Crippen LogP contribution is -2.29. The van der Waals surface area contributed by atoms with E-state index in [1.807, 2.05) is 31.2 Å². The summed E-state index contributed by atoms with van der Waals surface area (Å²) in [5, 5.41) is 3.41. The topological polar surface area (TPSA) is 38.0 Å². The highest BCUT2D eigenvalue weighted by Crippen LogP contribution is 2.11. The Kier molecular flexibility index (Phi) is 5.90. The van der Waals surface area contributed by atoms with Crippen molar-refractivity contribution in [2.75, 3.05) is 12.3 Å². The number of hydrogen-bond donors (Lipinski definition) is 2. The molecule has 118 valence electrons. The van der Waals surface area contributed by atoms with Gasteiger partial charge in [0, 0.05) is 11.7 Å².